The van der Waals surface area contributed by atoms with Gasteiger partial charge in [-0.25, -0.2) is 4.98 Å². The molecular weight excluding hydrogens is 412 g/mol. The molecule has 7 heteroatoms. The van der Waals surface area contributed by atoms with Crippen molar-refractivity contribution in [2.45, 2.75) is 65.6 Å². The van der Waals surface area contributed by atoms with E-state index >= 15 is 0 Å². The summed E-state index contributed by atoms with van der Waals surface area (Å²) in [5.74, 6) is 1.67. The zero-order valence-corrected chi connectivity index (χ0v) is 21.3. The first-order valence-corrected chi connectivity index (χ1v) is 12.1. The van der Waals surface area contributed by atoms with Gasteiger partial charge in [0.05, 0.1) is 11.3 Å². The van der Waals surface area contributed by atoms with Crippen LogP contribution in [-0.2, 0) is 13.1 Å². The Morgan fingerprint density at radius 2 is 1.79 bits per heavy atom. The Kier molecular flexibility index (Phi) is 8.43. The van der Waals surface area contributed by atoms with Crippen LogP contribution >= 0.6 is 0 Å². The van der Waals surface area contributed by atoms with E-state index in [0.29, 0.717) is 36.5 Å². The quantitative estimate of drug-likeness (QED) is 0.575. The number of hydrogen-bond acceptors (Lipinski definition) is 6. The van der Waals surface area contributed by atoms with Gasteiger partial charge in [0.15, 0.2) is 0 Å². The van der Waals surface area contributed by atoms with Gasteiger partial charge in [0.1, 0.15) is 5.82 Å². The number of amides is 1. The molecule has 7 nitrogen and oxygen atoms in total. The molecule has 3 heterocycles. The van der Waals surface area contributed by atoms with E-state index in [1.165, 1.54) is 5.56 Å². The molecule has 0 saturated carbocycles. The van der Waals surface area contributed by atoms with Crippen molar-refractivity contribution in [3.8, 4) is 0 Å². The summed E-state index contributed by atoms with van der Waals surface area (Å²) in [5, 5.41) is 6.25. The van der Waals surface area contributed by atoms with Crippen LogP contribution in [0.15, 0.2) is 24.3 Å². The second kappa shape index (κ2) is 11.1. The summed E-state index contributed by atoms with van der Waals surface area (Å²) in [6.07, 6.45) is 0. The summed E-state index contributed by atoms with van der Waals surface area (Å²) in [6, 6.07) is 8.83. The Hall–Kier alpha value is -2.51. The molecule has 1 aliphatic rings. The van der Waals surface area contributed by atoms with Crippen LogP contribution in [0.2, 0.25) is 0 Å². The number of pyridine rings is 2. The van der Waals surface area contributed by atoms with Crippen LogP contribution in [0.3, 0.4) is 0 Å². The van der Waals surface area contributed by atoms with Crippen LogP contribution in [0, 0.1) is 0 Å². The molecular formula is C26H40N6O. The third-order valence-electron chi connectivity index (χ3n) is 6.14. The lowest BCUT2D eigenvalue weighted by molar-refractivity contribution is 0.0953. The number of nitrogens with zero attached hydrogens (tertiary/aromatic N) is 4. The molecule has 0 bridgehead atoms. The highest BCUT2D eigenvalue weighted by Crippen LogP contribution is 2.25. The van der Waals surface area contributed by atoms with Gasteiger partial charge in [-0.3, -0.25) is 14.7 Å². The van der Waals surface area contributed by atoms with E-state index in [-0.39, 0.29) is 5.91 Å². The Labute approximate surface area is 199 Å². The molecule has 1 amide bonds. The Bertz CT molecular complexity index is 952. The Balaban J connectivity index is 1.81. The number of anilines is 1. The molecule has 2 aromatic rings. The monoisotopic (exact) mass is 452 g/mol. The first-order chi connectivity index (χ1) is 15.7. The van der Waals surface area contributed by atoms with E-state index in [0.717, 1.165) is 42.5 Å². The Morgan fingerprint density at radius 1 is 1.09 bits per heavy atom. The van der Waals surface area contributed by atoms with Crippen molar-refractivity contribution in [2.24, 2.45) is 0 Å². The molecule has 0 spiro atoms. The maximum Gasteiger partial charge on any atom is 0.253 e. The smallest absolute Gasteiger partial charge is 0.253 e. The van der Waals surface area contributed by atoms with E-state index in [9.17, 15) is 4.79 Å². The van der Waals surface area contributed by atoms with Crippen molar-refractivity contribution >= 4 is 11.7 Å². The summed E-state index contributed by atoms with van der Waals surface area (Å²) < 4.78 is 0. The zero-order chi connectivity index (χ0) is 24.1. The van der Waals surface area contributed by atoms with Gasteiger partial charge in [0.25, 0.3) is 5.91 Å². The van der Waals surface area contributed by atoms with Gasteiger partial charge in [-0.2, -0.15) is 0 Å². The maximum atomic E-state index is 12.6. The van der Waals surface area contributed by atoms with E-state index in [1.54, 1.807) is 0 Å². The Morgan fingerprint density at radius 3 is 2.39 bits per heavy atom. The number of likely N-dealkylation sites (N-methyl/N-ethyl adjacent to an activating group) is 1. The van der Waals surface area contributed by atoms with Crippen LogP contribution in [0.1, 0.15) is 79.5 Å². The van der Waals surface area contributed by atoms with Crippen LogP contribution < -0.4 is 15.5 Å². The molecule has 0 aromatic carbocycles. The van der Waals surface area contributed by atoms with Gasteiger partial charge in [0, 0.05) is 50.2 Å². The van der Waals surface area contributed by atoms with Gasteiger partial charge < -0.3 is 15.5 Å². The number of nitrogens with one attached hydrogen (secondary N) is 2. The molecule has 1 saturated heterocycles. The van der Waals surface area contributed by atoms with E-state index in [4.69, 9.17) is 9.97 Å². The summed E-state index contributed by atoms with van der Waals surface area (Å²) >= 11 is 0. The van der Waals surface area contributed by atoms with Crippen molar-refractivity contribution in [1.82, 2.24) is 25.5 Å². The van der Waals surface area contributed by atoms with Crippen molar-refractivity contribution in [3.63, 3.8) is 0 Å². The van der Waals surface area contributed by atoms with Crippen LogP contribution in [0.25, 0.3) is 0 Å². The van der Waals surface area contributed by atoms with Gasteiger partial charge in [-0.1, -0.05) is 27.7 Å². The van der Waals surface area contributed by atoms with Gasteiger partial charge in [0.2, 0.25) is 0 Å². The van der Waals surface area contributed by atoms with E-state index in [1.807, 2.05) is 26.1 Å². The van der Waals surface area contributed by atoms with E-state index < -0.39 is 0 Å². The second-order valence-corrected chi connectivity index (χ2v) is 9.72. The molecule has 2 N–H and O–H groups in total. The summed E-state index contributed by atoms with van der Waals surface area (Å²) in [4.78, 5) is 27.0. The van der Waals surface area contributed by atoms with Crippen LogP contribution in [0.4, 0.5) is 5.82 Å². The molecule has 0 radical (unpaired) electrons. The zero-order valence-electron chi connectivity index (χ0n) is 21.3. The second-order valence-electron chi connectivity index (χ2n) is 9.72. The third-order valence-corrected chi connectivity index (χ3v) is 6.14. The van der Waals surface area contributed by atoms with Crippen molar-refractivity contribution in [1.29, 1.82) is 0 Å². The maximum absolute atomic E-state index is 12.6. The number of carbonyl (C=O) groups is 1. The average Bonchev–Trinajstić information content (AvgIpc) is 2.72. The average molecular weight is 453 g/mol. The molecule has 2 aromatic heterocycles. The van der Waals surface area contributed by atoms with Crippen molar-refractivity contribution < 1.29 is 4.79 Å². The lowest BCUT2D eigenvalue weighted by Gasteiger charge is -2.40. The number of hydrogen-bond donors (Lipinski definition) is 2. The molecule has 180 valence electrons. The fraction of sp³-hybridized carbons (Fsp3) is 0.577. The van der Waals surface area contributed by atoms with Crippen molar-refractivity contribution in [3.05, 3.63) is 52.5 Å². The molecule has 33 heavy (non-hydrogen) atoms. The normalized spacial score (nSPS) is 14.3. The lowest BCUT2D eigenvalue weighted by Crippen LogP contribution is -2.57. The highest BCUT2D eigenvalue weighted by molar-refractivity contribution is 5.95. The molecule has 1 fully saturated rings. The van der Waals surface area contributed by atoms with Gasteiger partial charge in [-0.05, 0) is 62.7 Å². The summed E-state index contributed by atoms with van der Waals surface area (Å²) in [6.45, 7) is 14.5. The highest BCUT2D eigenvalue weighted by atomic mass is 16.1. The minimum Gasteiger partial charge on any atom is -0.353 e. The fourth-order valence-corrected chi connectivity index (χ4v) is 4.04. The fourth-order valence-electron chi connectivity index (χ4n) is 4.04. The first-order valence-electron chi connectivity index (χ1n) is 12.1. The third kappa shape index (κ3) is 6.30. The minimum absolute atomic E-state index is 0.0612. The molecule has 0 atom stereocenters. The number of aromatic nitrogens is 2. The molecule has 3 rings (SSSR count). The van der Waals surface area contributed by atoms with Crippen LogP contribution in [0.5, 0.6) is 0 Å². The van der Waals surface area contributed by atoms with Crippen LogP contribution in [-0.4, -0.2) is 60.5 Å². The summed E-state index contributed by atoms with van der Waals surface area (Å²) in [5.41, 5.74) is 4.85. The minimum atomic E-state index is -0.0612. The summed E-state index contributed by atoms with van der Waals surface area (Å²) in [7, 11) is 4.10. The largest absolute Gasteiger partial charge is 0.353 e. The molecule has 0 aliphatic carbocycles. The van der Waals surface area contributed by atoms with Gasteiger partial charge in [-0.15, -0.1) is 0 Å². The first kappa shape index (κ1) is 25.1. The van der Waals surface area contributed by atoms with E-state index in [2.05, 4.69) is 67.3 Å². The molecule has 0 unspecified atom stereocenters. The highest BCUT2D eigenvalue weighted by Gasteiger charge is 2.27. The SMILES string of the molecule is CCNC(=O)c1ccc(C(C)C)nc1CN(C)Cc1cc(C(C)C)nc(N2CC(NC)C2)c1. The topological polar surface area (TPSA) is 73.4 Å². The molecule has 1 aliphatic heterocycles. The standard InChI is InChI=1S/C26H40N6O/c1-8-28-26(33)21-9-10-22(17(2)3)29-24(21)16-31(7)13-19-11-23(18(4)5)30-25(12-19)32-14-20(15-32)27-6/h9-12,17-18,20,27H,8,13-16H2,1-7H3,(H,28,33). The predicted octanol–water partition coefficient (Wildman–Crippen LogP) is 3.51. The van der Waals surface area contributed by atoms with Gasteiger partial charge >= 0.3 is 0 Å². The lowest BCUT2D eigenvalue weighted by atomic mass is 10.0. The number of rotatable bonds is 10. The number of carbonyl (C=O) groups excluding carboxylic acids is 1. The predicted molar refractivity (Wildman–Crippen MR) is 135 cm³/mol. The van der Waals surface area contributed by atoms with Crippen molar-refractivity contribution in [2.75, 3.05) is 38.6 Å².